The molecule has 1 N–H and O–H groups in total. The molecule has 1 nitrogen and oxygen atoms in total. The Hall–Kier alpha value is 0.130. The molecule has 0 heterocycles. The van der Waals surface area contributed by atoms with Crippen LogP contribution < -0.4 is 5.32 Å². The van der Waals surface area contributed by atoms with Gasteiger partial charge in [0.25, 0.3) is 0 Å². The zero-order valence-corrected chi connectivity index (χ0v) is 9.24. The van der Waals surface area contributed by atoms with E-state index in [1.165, 1.54) is 12.8 Å². The smallest absolute Gasteiger partial charge is 0.00991 e. The van der Waals surface area contributed by atoms with Gasteiger partial charge < -0.3 is 5.32 Å². The van der Waals surface area contributed by atoms with Crippen molar-refractivity contribution in [2.75, 3.05) is 6.54 Å². The van der Waals surface area contributed by atoms with Crippen LogP contribution in [0.1, 0.15) is 26.7 Å². The maximum Gasteiger partial charge on any atom is 0.00991 e. The SMILES string of the molecule is CC(P)C(C)NCC1C=CCC1. The molecule has 0 spiro atoms. The molecule has 0 aromatic rings. The van der Waals surface area contributed by atoms with Gasteiger partial charge in [0.1, 0.15) is 0 Å². The van der Waals surface area contributed by atoms with Crippen LogP contribution in [0, 0.1) is 5.92 Å². The summed E-state index contributed by atoms with van der Waals surface area (Å²) in [5.41, 5.74) is 0.662. The van der Waals surface area contributed by atoms with Crippen LogP contribution in [0.25, 0.3) is 0 Å². The lowest BCUT2D eigenvalue weighted by Gasteiger charge is -2.19. The first-order valence-corrected chi connectivity index (χ1v) is 5.52. The Morgan fingerprint density at radius 1 is 1.58 bits per heavy atom. The molecule has 0 aromatic carbocycles. The van der Waals surface area contributed by atoms with Crippen LogP contribution in [0.2, 0.25) is 0 Å². The lowest BCUT2D eigenvalue weighted by atomic mass is 10.1. The Morgan fingerprint density at radius 3 is 2.83 bits per heavy atom. The molecular formula is C10H20NP. The number of hydrogen-bond acceptors (Lipinski definition) is 1. The number of hydrogen-bond donors (Lipinski definition) is 1. The fourth-order valence-electron chi connectivity index (χ4n) is 1.39. The van der Waals surface area contributed by atoms with E-state index < -0.39 is 0 Å². The molecule has 12 heavy (non-hydrogen) atoms. The second-order valence-electron chi connectivity index (χ2n) is 3.82. The highest BCUT2D eigenvalue weighted by molar-refractivity contribution is 7.17. The molecule has 0 radical (unpaired) electrons. The third-order valence-electron chi connectivity index (χ3n) is 2.60. The largest absolute Gasteiger partial charge is 0.313 e. The molecule has 0 bridgehead atoms. The van der Waals surface area contributed by atoms with Crippen molar-refractivity contribution in [2.45, 2.75) is 38.4 Å². The van der Waals surface area contributed by atoms with Gasteiger partial charge in [0.05, 0.1) is 0 Å². The van der Waals surface area contributed by atoms with Crippen molar-refractivity contribution in [1.29, 1.82) is 0 Å². The summed E-state index contributed by atoms with van der Waals surface area (Å²) in [6, 6.07) is 0.615. The monoisotopic (exact) mass is 185 g/mol. The summed E-state index contributed by atoms with van der Waals surface area (Å²) >= 11 is 0. The number of nitrogens with one attached hydrogen (secondary N) is 1. The molecular weight excluding hydrogens is 165 g/mol. The molecule has 0 amide bonds. The lowest BCUT2D eigenvalue weighted by Crippen LogP contribution is -2.35. The van der Waals surface area contributed by atoms with Gasteiger partial charge in [0.15, 0.2) is 0 Å². The Kier molecular flexibility index (Phi) is 4.25. The van der Waals surface area contributed by atoms with Gasteiger partial charge in [-0.15, -0.1) is 9.24 Å². The third-order valence-corrected chi connectivity index (χ3v) is 3.18. The molecule has 1 aliphatic carbocycles. The van der Waals surface area contributed by atoms with E-state index in [2.05, 4.69) is 40.6 Å². The minimum Gasteiger partial charge on any atom is -0.313 e. The summed E-state index contributed by atoms with van der Waals surface area (Å²) in [4.78, 5) is 0. The van der Waals surface area contributed by atoms with E-state index in [4.69, 9.17) is 0 Å². The van der Waals surface area contributed by atoms with Crippen molar-refractivity contribution >= 4 is 9.24 Å². The van der Waals surface area contributed by atoms with Gasteiger partial charge in [-0.2, -0.15) is 0 Å². The fraction of sp³-hybridized carbons (Fsp3) is 0.800. The van der Waals surface area contributed by atoms with Gasteiger partial charge in [-0.05, 0) is 31.3 Å². The molecule has 0 saturated carbocycles. The number of allylic oxidation sites excluding steroid dienone is 1. The molecule has 0 saturated heterocycles. The fourth-order valence-corrected chi connectivity index (χ4v) is 1.52. The van der Waals surface area contributed by atoms with Crippen molar-refractivity contribution in [3.8, 4) is 0 Å². The second-order valence-corrected chi connectivity index (χ2v) is 4.87. The van der Waals surface area contributed by atoms with Crippen molar-refractivity contribution in [1.82, 2.24) is 5.32 Å². The van der Waals surface area contributed by atoms with E-state index in [-0.39, 0.29) is 0 Å². The van der Waals surface area contributed by atoms with Crippen molar-refractivity contribution in [3.05, 3.63) is 12.2 Å². The summed E-state index contributed by atoms with van der Waals surface area (Å²) < 4.78 is 0. The highest BCUT2D eigenvalue weighted by atomic mass is 31.0. The topological polar surface area (TPSA) is 12.0 Å². The third kappa shape index (κ3) is 3.25. The molecule has 4 unspecified atom stereocenters. The summed E-state index contributed by atoms with van der Waals surface area (Å²) in [6.45, 7) is 5.62. The molecule has 0 aliphatic heterocycles. The zero-order valence-electron chi connectivity index (χ0n) is 8.09. The lowest BCUT2D eigenvalue weighted by molar-refractivity contribution is 0.481. The van der Waals surface area contributed by atoms with Gasteiger partial charge >= 0.3 is 0 Å². The molecule has 70 valence electrons. The maximum absolute atomic E-state index is 3.55. The highest BCUT2D eigenvalue weighted by Crippen LogP contribution is 2.16. The Balaban J connectivity index is 2.12. The van der Waals surface area contributed by atoms with Crippen molar-refractivity contribution < 1.29 is 0 Å². The molecule has 1 aliphatic rings. The zero-order chi connectivity index (χ0) is 8.97. The predicted octanol–water partition coefficient (Wildman–Crippen LogP) is 2.19. The van der Waals surface area contributed by atoms with Crippen LogP contribution in [-0.2, 0) is 0 Å². The number of rotatable bonds is 4. The van der Waals surface area contributed by atoms with Crippen LogP contribution in [0.3, 0.4) is 0 Å². The van der Waals surface area contributed by atoms with Crippen molar-refractivity contribution in [2.24, 2.45) is 5.92 Å². The minimum atomic E-state index is 0.615. The van der Waals surface area contributed by atoms with E-state index in [1.54, 1.807) is 0 Å². The highest BCUT2D eigenvalue weighted by Gasteiger charge is 2.11. The van der Waals surface area contributed by atoms with Crippen LogP contribution in [0.4, 0.5) is 0 Å². The first-order valence-electron chi connectivity index (χ1n) is 4.86. The molecule has 0 aromatic heterocycles. The molecule has 2 heteroatoms. The summed E-state index contributed by atoms with van der Waals surface area (Å²) in [7, 11) is 2.85. The summed E-state index contributed by atoms with van der Waals surface area (Å²) in [6.07, 6.45) is 7.25. The summed E-state index contributed by atoms with van der Waals surface area (Å²) in [5, 5.41) is 3.55. The van der Waals surface area contributed by atoms with Gasteiger partial charge in [-0.3, -0.25) is 0 Å². The van der Waals surface area contributed by atoms with E-state index in [0.29, 0.717) is 11.7 Å². The van der Waals surface area contributed by atoms with Gasteiger partial charge in [-0.25, -0.2) is 0 Å². The normalized spacial score (nSPS) is 27.4. The van der Waals surface area contributed by atoms with Gasteiger partial charge in [-0.1, -0.05) is 19.1 Å². The first kappa shape index (κ1) is 10.2. The Morgan fingerprint density at radius 2 is 2.33 bits per heavy atom. The predicted molar refractivity (Wildman–Crippen MR) is 58.5 cm³/mol. The Labute approximate surface area is 78.2 Å². The minimum absolute atomic E-state index is 0.615. The first-order chi connectivity index (χ1) is 5.70. The van der Waals surface area contributed by atoms with Gasteiger partial charge in [0, 0.05) is 12.6 Å². The molecule has 0 fully saturated rings. The van der Waals surface area contributed by atoms with E-state index >= 15 is 0 Å². The van der Waals surface area contributed by atoms with Crippen molar-refractivity contribution in [3.63, 3.8) is 0 Å². The van der Waals surface area contributed by atoms with E-state index in [9.17, 15) is 0 Å². The van der Waals surface area contributed by atoms with Crippen LogP contribution in [0.15, 0.2) is 12.2 Å². The summed E-state index contributed by atoms with van der Waals surface area (Å²) in [5.74, 6) is 0.788. The molecule has 4 atom stereocenters. The van der Waals surface area contributed by atoms with Crippen LogP contribution in [0.5, 0.6) is 0 Å². The maximum atomic E-state index is 3.55. The van der Waals surface area contributed by atoms with Gasteiger partial charge in [0.2, 0.25) is 0 Å². The average Bonchev–Trinajstić information content (AvgIpc) is 2.51. The standard InChI is InChI=1S/C10H20NP/c1-8(9(2)12)11-7-10-5-3-4-6-10/h3,5,8-11H,4,6-7,12H2,1-2H3. The molecule has 1 rings (SSSR count). The average molecular weight is 185 g/mol. The van der Waals surface area contributed by atoms with Crippen LogP contribution >= 0.6 is 9.24 Å². The Bertz CT molecular complexity index is 154. The van der Waals surface area contributed by atoms with E-state index in [1.807, 2.05) is 0 Å². The second kappa shape index (κ2) is 4.99. The quantitative estimate of drug-likeness (QED) is 0.523. The van der Waals surface area contributed by atoms with E-state index in [0.717, 1.165) is 12.5 Å². The van der Waals surface area contributed by atoms with Crippen LogP contribution in [-0.4, -0.2) is 18.2 Å².